The third-order valence-electron chi connectivity index (χ3n) is 2.53. The zero-order valence-electron chi connectivity index (χ0n) is 10.5. The lowest BCUT2D eigenvalue weighted by Crippen LogP contribution is -2.34. The van der Waals surface area contributed by atoms with E-state index in [9.17, 15) is 13.4 Å². The van der Waals surface area contributed by atoms with Crippen molar-refractivity contribution >= 4 is 22.4 Å². The highest BCUT2D eigenvalue weighted by Gasteiger charge is 2.15. The molecule has 0 saturated carbocycles. The van der Waals surface area contributed by atoms with Crippen LogP contribution in [0.2, 0.25) is 0 Å². The average molecular weight is 272 g/mol. The van der Waals surface area contributed by atoms with Crippen LogP contribution in [-0.2, 0) is 15.6 Å². The molecule has 1 atom stereocenters. The molecule has 0 aliphatic heterocycles. The first-order valence-corrected chi connectivity index (χ1v) is 7.02. The van der Waals surface area contributed by atoms with Crippen molar-refractivity contribution in [2.24, 2.45) is 0 Å². The van der Waals surface area contributed by atoms with Crippen LogP contribution in [0.15, 0.2) is 23.1 Å². The summed E-state index contributed by atoms with van der Waals surface area (Å²) in [6, 6.07) is 3.71. The molecule has 0 aliphatic carbocycles. The Labute approximate surface area is 108 Å². The minimum atomic E-state index is -1.57. The second-order valence-corrected chi connectivity index (χ2v) is 5.23. The standard InChI is InChI=1S/C12H17FN2O2S/c1-3-15(4-2)12(16)8-18(17)11-6-9(13)5-10(14)7-11/h5-7H,3-4,8,14H2,1-2H3. The predicted molar refractivity (Wildman–Crippen MR) is 70.0 cm³/mol. The molecule has 0 spiro atoms. The first kappa shape index (κ1) is 14.6. The maximum Gasteiger partial charge on any atom is 0.235 e. The summed E-state index contributed by atoms with van der Waals surface area (Å²) in [5.41, 5.74) is 5.67. The lowest BCUT2D eigenvalue weighted by atomic mass is 10.3. The van der Waals surface area contributed by atoms with Crippen LogP contribution in [0.25, 0.3) is 0 Å². The summed E-state index contributed by atoms with van der Waals surface area (Å²) < 4.78 is 25.0. The van der Waals surface area contributed by atoms with E-state index in [1.54, 1.807) is 4.90 Å². The third-order valence-corrected chi connectivity index (χ3v) is 3.80. The normalized spacial score (nSPS) is 12.2. The lowest BCUT2D eigenvalue weighted by molar-refractivity contribution is -0.128. The summed E-state index contributed by atoms with van der Waals surface area (Å²) in [6.07, 6.45) is 0. The number of carbonyl (C=O) groups excluding carboxylic acids is 1. The molecule has 0 aliphatic rings. The summed E-state index contributed by atoms with van der Waals surface area (Å²) in [4.78, 5) is 13.6. The number of benzene rings is 1. The van der Waals surface area contributed by atoms with Crippen molar-refractivity contribution < 1.29 is 13.4 Å². The van der Waals surface area contributed by atoms with E-state index < -0.39 is 16.6 Å². The lowest BCUT2D eigenvalue weighted by Gasteiger charge is -2.18. The maximum absolute atomic E-state index is 13.1. The summed E-state index contributed by atoms with van der Waals surface area (Å²) in [7, 11) is -1.57. The Morgan fingerprint density at radius 3 is 2.44 bits per heavy atom. The van der Waals surface area contributed by atoms with Crippen LogP contribution in [-0.4, -0.2) is 33.9 Å². The number of carbonyl (C=O) groups is 1. The zero-order chi connectivity index (χ0) is 13.7. The van der Waals surface area contributed by atoms with Gasteiger partial charge in [0.2, 0.25) is 5.91 Å². The molecule has 0 bridgehead atoms. The van der Waals surface area contributed by atoms with Crippen molar-refractivity contribution in [1.29, 1.82) is 0 Å². The van der Waals surface area contributed by atoms with E-state index in [4.69, 9.17) is 5.73 Å². The zero-order valence-corrected chi connectivity index (χ0v) is 11.3. The molecule has 4 nitrogen and oxygen atoms in total. The van der Waals surface area contributed by atoms with E-state index in [1.165, 1.54) is 6.07 Å². The monoisotopic (exact) mass is 272 g/mol. The highest BCUT2D eigenvalue weighted by Crippen LogP contribution is 2.14. The largest absolute Gasteiger partial charge is 0.399 e. The molecule has 0 aromatic heterocycles. The SMILES string of the molecule is CCN(CC)C(=O)CS(=O)c1cc(N)cc(F)c1. The molecule has 1 amide bonds. The van der Waals surface area contributed by atoms with Crippen molar-refractivity contribution in [2.75, 3.05) is 24.6 Å². The third kappa shape index (κ3) is 3.80. The van der Waals surface area contributed by atoms with Gasteiger partial charge in [0.15, 0.2) is 0 Å². The quantitative estimate of drug-likeness (QED) is 0.824. The van der Waals surface area contributed by atoms with E-state index in [1.807, 2.05) is 13.8 Å². The van der Waals surface area contributed by atoms with Gasteiger partial charge in [-0.25, -0.2) is 4.39 Å². The Morgan fingerprint density at radius 2 is 1.94 bits per heavy atom. The number of hydrogen-bond acceptors (Lipinski definition) is 3. The van der Waals surface area contributed by atoms with Crippen molar-refractivity contribution in [1.82, 2.24) is 4.90 Å². The van der Waals surface area contributed by atoms with Gasteiger partial charge in [-0.2, -0.15) is 0 Å². The van der Waals surface area contributed by atoms with E-state index in [2.05, 4.69) is 0 Å². The fourth-order valence-electron chi connectivity index (χ4n) is 1.58. The molecule has 1 unspecified atom stereocenters. The van der Waals surface area contributed by atoms with Gasteiger partial charge in [-0.1, -0.05) is 0 Å². The molecule has 1 aromatic rings. The van der Waals surface area contributed by atoms with Crippen molar-refractivity contribution in [3.05, 3.63) is 24.0 Å². The molecule has 1 aromatic carbocycles. The molecule has 0 radical (unpaired) electrons. The van der Waals surface area contributed by atoms with Gasteiger partial charge in [0.05, 0.1) is 10.8 Å². The van der Waals surface area contributed by atoms with E-state index in [0.29, 0.717) is 13.1 Å². The summed E-state index contributed by atoms with van der Waals surface area (Å²) in [6.45, 7) is 4.84. The molecule has 2 N–H and O–H groups in total. The minimum absolute atomic E-state index is 0.148. The van der Waals surface area contributed by atoms with E-state index in [-0.39, 0.29) is 22.2 Å². The van der Waals surface area contributed by atoms with Crippen LogP contribution >= 0.6 is 0 Å². The Kier molecular flexibility index (Phi) is 5.27. The van der Waals surface area contributed by atoms with Gasteiger partial charge < -0.3 is 10.6 Å². The number of halogens is 1. The second kappa shape index (κ2) is 6.49. The van der Waals surface area contributed by atoms with Gasteiger partial charge in [0, 0.05) is 23.7 Å². The highest BCUT2D eigenvalue weighted by atomic mass is 32.2. The fourth-order valence-corrected chi connectivity index (χ4v) is 2.66. The van der Waals surface area contributed by atoms with Gasteiger partial charge in [-0.15, -0.1) is 0 Å². The molecule has 6 heteroatoms. The Bertz CT molecular complexity index is 441. The summed E-state index contributed by atoms with van der Waals surface area (Å²) in [5, 5.41) is 0. The van der Waals surface area contributed by atoms with Gasteiger partial charge >= 0.3 is 0 Å². The minimum Gasteiger partial charge on any atom is -0.399 e. The highest BCUT2D eigenvalue weighted by molar-refractivity contribution is 7.85. The van der Waals surface area contributed by atoms with Crippen LogP contribution in [0, 0.1) is 5.82 Å². The number of hydrogen-bond donors (Lipinski definition) is 1. The Hall–Kier alpha value is -1.43. The Morgan fingerprint density at radius 1 is 1.33 bits per heavy atom. The van der Waals surface area contributed by atoms with Crippen molar-refractivity contribution in [3.63, 3.8) is 0 Å². The van der Waals surface area contributed by atoms with Crippen LogP contribution < -0.4 is 5.73 Å². The number of nitrogen functional groups attached to an aromatic ring is 1. The smallest absolute Gasteiger partial charge is 0.235 e. The molecule has 0 saturated heterocycles. The van der Waals surface area contributed by atoms with E-state index >= 15 is 0 Å². The van der Waals surface area contributed by atoms with Gasteiger partial charge in [0.1, 0.15) is 11.6 Å². The first-order valence-electron chi connectivity index (χ1n) is 5.70. The molecular weight excluding hydrogens is 255 g/mol. The van der Waals surface area contributed by atoms with Crippen LogP contribution in [0.1, 0.15) is 13.8 Å². The topological polar surface area (TPSA) is 63.4 Å². The predicted octanol–water partition coefficient (Wildman–Crippen LogP) is 1.38. The maximum atomic E-state index is 13.1. The first-order chi connectivity index (χ1) is 8.47. The molecule has 100 valence electrons. The number of nitrogens with zero attached hydrogens (tertiary/aromatic N) is 1. The number of anilines is 1. The van der Waals surface area contributed by atoms with Crippen molar-refractivity contribution in [3.8, 4) is 0 Å². The second-order valence-electron chi connectivity index (χ2n) is 3.78. The molecular formula is C12H17FN2O2S. The van der Waals surface area contributed by atoms with Gasteiger partial charge in [-0.3, -0.25) is 9.00 Å². The molecule has 18 heavy (non-hydrogen) atoms. The van der Waals surface area contributed by atoms with Crippen LogP contribution in [0.4, 0.5) is 10.1 Å². The van der Waals surface area contributed by atoms with Crippen molar-refractivity contribution in [2.45, 2.75) is 18.7 Å². The van der Waals surface area contributed by atoms with Crippen LogP contribution in [0.3, 0.4) is 0 Å². The van der Waals surface area contributed by atoms with Gasteiger partial charge in [-0.05, 0) is 32.0 Å². The Balaban J connectivity index is 2.79. The number of nitrogens with two attached hydrogens (primary N) is 1. The van der Waals surface area contributed by atoms with Gasteiger partial charge in [0.25, 0.3) is 0 Å². The summed E-state index contributed by atoms with van der Waals surface area (Å²) in [5.74, 6) is -0.903. The molecule has 0 fully saturated rings. The average Bonchev–Trinajstić information content (AvgIpc) is 2.29. The van der Waals surface area contributed by atoms with E-state index in [0.717, 1.165) is 12.1 Å². The molecule has 1 rings (SSSR count). The number of amides is 1. The van der Waals surface area contributed by atoms with Crippen LogP contribution in [0.5, 0.6) is 0 Å². The molecule has 0 heterocycles. The number of rotatable bonds is 5. The summed E-state index contributed by atoms with van der Waals surface area (Å²) >= 11 is 0. The fraction of sp³-hybridized carbons (Fsp3) is 0.417.